The molecule has 1 aromatic rings. The SMILES string of the molecule is COC1=C(C)C(=O)N(c2cc(Cl)ncn2)C1O. The fourth-order valence-corrected chi connectivity index (χ4v) is 1.79. The zero-order valence-corrected chi connectivity index (χ0v) is 9.97. The summed E-state index contributed by atoms with van der Waals surface area (Å²) in [6.07, 6.45) is 0.0381. The predicted octanol–water partition coefficient (Wildman–Crippen LogP) is 0.715. The molecule has 1 amide bonds. The van der Waals surface area contributed by atoms with Gasteiger partial charge in [-0.3, -0.25) is 9.69 Å². The van der Waals surface area contributed by atoms with E-state index in [9.17, 15) is 9.90 Å². The van der Waals surface area contributed by atoms with E-state index in [1.165, 1.54) is 19.5 Å². The van der Waals surface area contributed by atoms with Crippen LogP contribution in [0.25, 0.3) is 0 Å². The van der Waals surface area contributed by atoms with E-state index < -0.39 is 6.23 Å². The van der Waals surface area contributed by atoms with Crippen molar-refractivity contribution in [3.05, 3.63) is 28.9 Å². The molecule has 0 aromatic carbocycles. The number of amides is 1. The van der Waals surface area contributed by atoms with Crippen LogP contribution in [0, 0.1) is 0 Å². The molecule has 0 saturated carbocycles. The van der Waals surface area contributed by atoms with Crippen molar-refractivity contribution >= 4 is 23.3 Å². The van der Waals surface area contributed by atoms with Crippen LogP contribution in [0.4, 0.5) is 5.82 Å². The molecule has 17 heavy (non-hydrogen) atoms. The Bertz CT molecular complexity index is 503. The summed E-state index contributed by atoms with van der Waals surface area (Å²) in [6.45, 7) is 1.58. The Labute approximate surface area is 102 Å². The summed E-state index contributed by atoms with van der Waals surface area (Å²) in [6, 6.07) is 1.40. The predicted molar refractivity (Wildman–Crippen MR) is 60.2 cm³/mol. The molecule has 1 aliphatic rings. The van der Waals surface area contributed by atoms with Gasteiger partial charge in [-0.25, -0.2) is 9.97 Å². The Kier molecular flexibility index (Phi) is 2.99. The first-order chi connectivity index (χ1) is 8.06. The largest absolute Gasteiger partial charge is 0.496 e. The van der Waals surface area contributed by atoms with E-state index in [2.05, 4.69) is 9.97 Å². The molecule has 1 unspecified atom stereocenters. The van der Waals surface area contributed by atoms with Crippen molar-refractivity contribution < 1.29 is 14.6 Å². The van der Waals surface area contributed by atoms with Crippen LogP contribution in [0.1, 0.15) is 6.92 Å². The second kappa shape index (κ2) is 4.31. The Balaban J connectivity index is 2.41. The zero-order valence-electron chi connectivity index (χ0n) is 9.22. The molecule has 0 aliphatic carbocycles. The van der Waals surface area contributed by atoms with E-state index in [-0.39, 0.29) is 22.6 Å². The maximum Gasteiger partial charge on any atom is 0.261 e. The third kappa shape index (κ3) is 1.85. The monoisotopic (exact) mass is 255 g/mol. The molecule has 1 aromatic heterocycles. The van der Waals surface area contributed by atoms with Crippen LogP contribution >= 0.6 is 11.6 Å². The number of aromatic nitrogens is 2. The molecule has 90 valence electrons. The second-order valence-corrected chi connectivity index (χ2v) is 3.83. The number of methoxy groups -OCH3 is 1. The molecule has 2 heterocycles. The summed E-state index contributed by atoms with van der Waals surface area (Å²) in [5, 5.41) is 10.1. The lowest BCUT2D eigenvalue weighted by Crippen LogP contribution is -2.36. The lowest BCUT2D eigenvalue weighted by atomic mass is 10.3. The smallest absolute Gasteiger partial charge is 0.261 e. The van der Waals surface area contributed by atoms with Gasteiger partial charge in [0.1, 0.15) is 17.3 Å². The van der Waals surface area contributed by atoms with Crippen molar-refractivity contribution in [3.63, 3.8) is 0 Å². The van der Waals surface area contributed by atoms with Gasteiger partial charge in [-0.1, -0.05) is 11.6 Å². The van der Waals surface area contributed by atoms with Crippen LogP contribution < -0.4 is 4.90 Å². The lowest BCUT2D eigenvalue weighted by molar-refractivity contribution is -0.115. The molecular formula is C10H10ClN3O3. The molecule has 6 nitrogen and oxygen atoms in total. The number of ether oxygens (including phenoxy) is 1. The van der Waals surface area contributed by atoms with Crippen LogP contribution in [0.15, 0.2) is 23.7 Å². The Morgan fingerprint density at radius 1 is 1.53 bits per heavy atom. The molecule has 2 rings (SSSR count). The number of anilines is 1. The molecule has 0 radical (unpaired) electrons. The van der Waals surface area contributed by atoms with E-state index in [0.29, 0.717) is 5.57 Å². The highest BCUT2D eigenvalue weighted by Crippen LogP contribution is 2.29. The highest BCUT2D eigenvalue weighted by molar-refractivity contribution is 6.29. The molecule has 0 spiro atoms. The number of aliphatic hydroxyl groups excluding tert-OH is 1. The maximum absolute atomic E-state index is 11.9. The second-order valence-electron chi connectivity index (χ2n) is 3.44. The number of rotatable bonds is 2. The van der Waals surface area contributed by atoms with Gasteiger partial charge in [0.05, 0.1) is 12.7 Å². The lowest BCUT2D eigenvalue weighted by Gasteiger charge is -2.20. The normalized spacial score (nSPS) is 20.1. The van der Waals surface area contributed by atoms with E-state index in [1.807, 2.05) is 0 Å². The van der Waals surface area contributed by atoms with Crippen LogP contribution in [-0.4, -0.2) is 34.3 Å². The third-order valence-electron chi connectivity index (χ3n) is 2.47. The van der Waals surface area contributed by atoms with Gasteiger partial charge in [-0.05, 0) is 6.92 Å². The summed E-state index contributed by atoms with van der Waals surface area (Å²) in [4.78, 5) is 20.6. The van der Waals surface area contributed by atoms with E-state index in [0.717, 1.165) is 4.90 Å². The van der Waals surface area contributed by atoms with Gasteiger partial charge in [-0.2, -0.15) is 0 Å². The summed E-state index contributed by atoms with van der Waals surface area (Å²) in [5.74, 6) is 0.0720. The van der Waals surface area contributed by atoms with Gasteiger partial charge >= 0.3 is 0 Å². The van der Waals surface area contributed by atoms with Crippen molar-refractivity contribution in [3.8, 4) is 0 Å². The summed E-state index contributed by atoms with van der Waals surface area (Å²) in [7, 11) is 1.39. The molecular weight excluding hydrogens is 246 g/mol. The highest BCUT2D eigenvalue weighted by Gasteiger charge is 2.38. The number of hydrogen-bond donors (Lipinski definition) is 1. The minimum absolute atomic E-state index is 0.193. The maximum atomic E-state index is 11.9. The Morgan fingerprint density at radius 3 is 2.76 bits per heavy atom. The average Bonchev–Trinajstić information content (AvgIpc) is 2.50. The van der Waals surface area contributed by atoms with Crippen LogP contribution in [0.2, 0.25) is 5.15 Å². The van der Waals surface area contributed by atoms with Crippen molar-refractivity contribution in [1.29, 1.82) is 0 Å². The number of aliphatic hydroxyl groups is 1. The van der Waals surface area contributed by atoms with Crippen molar-refractivity contribution in [1.82, 2.24) is 9.97 Å². The van der Waals surface area contributed by atoms with Crippen LogP contribution in [0.3, 0.4) is 0 Å². The van der Waals surface area contributed by atoms with Gasteiger partial charge in [0.25, 0.3) is 5.91 Å². The molecule has 7 heteroatoms. The number of hydrogen-bond acceptors (Lipinski definition) is 5. The van der Waals surface area contributed by atoms with Crippen LogP contribution in [0.5, 0.6) is 0 Å². The first-order valence-electron chi connectivity index (χ1n) is 4.80. The van der Waals surface area contributed by atoms with Crippen molar-refractivity contribution in [2.24, 2.45) is 0 Å². The first kappa shape index (κ1) is 11.8. The van der Waals surface area contributed by atoms with Gasteiger partial charge in [0, 0.05) is 6.07 Å². The topological polar surface area (TPSA) is 75.5 Å². The number of carbonyl (C=O) groups is 1. The van der Waals surface area contributed by atoms with Crippen molar-refractivity contribution in [2.75, 3.05) is 12.0 Å². The summed E-state index contributed by atoms with van der Waals surface area (Å²) >= 11 is 5.71. The van der Waals surface area contributed by atoms with Gasteiger partial charge in [0.15, 0.2) is 12.0 Å². The Hall–Kier alpha value is -1.66. The first-order valence-corrected chi connectivity index (χ1v) is 5.18. The van der Waals surface area contributed by atoms with Gasteiger partial charge < -0.3 is 9.84 Å². The van der Waals surface area contributed by atoms with Crippen LogP contribution in [-0.2, 0) is 9.53 Å². The molecule has 1 aliphatic heterocycles. The standard InChI is InChI=1S/C10H10ClN3O3/c1-5-8(17-2)10(16)14(9(5)15)7-3-6(11)12-4-13-7/h3-4,10,16H,1-2H3. The molecule has 0 fully saturated rings. The quantitative estimate of drug-likeness (QED) is 0.788. The molecule has 0 bridgehead atoms. The minimum Gasteiger partial charge on any atom is -0.496 e. The fourth-order valence-electron chi connectivity index (χ4n) is 1.65. The highest BCUT2D eigenvalue weighted by atomic mass is 35.5. The number of carbonyl (C=O) groups excluding carboxylic acids is 1. The summed E-state index contributed by atoms with van der Waals surface area (Å²) in [5.41, 5.74) is 0.342. The zero-order chi connectivity index (χ0) is 12.6. The molecule has 1 N–H and O–H groups in total. The van der Waals surface area contributed by atoms with Crippen molar-refractivity contribution in [2.45, 2.75) is 13.2 Å². The average molecular weight is 256 g/mol. The molecule has 1 atom stereocenters. The third-order valence-corrected chi connectivity index (χ3v) is 2.68. The van der Waals surface area contributed by atoms with E-state index >= 15 is 0 Å². The summed E-state index contributed by atoms with van der Waals surface area (Å²) < 4.78 is 4.98. The fraction of sp³-hybridized carbons (Fsp3) is 0.300. The molecule has 0 saturated heterocycles. The van der Waals surface area contributed by atoms with Gasteiger partial charge in [0.2, 0.25) is 0 Å². The van der Waals surface area contributed by atoms with Gasteiger partial charge in [-0.15, -0.1) is 0 Å². The minimum atomic E-state index is -1.18. The Morgan fingerprint density at radius 2 is 2.24 bits per heavy atom. The van der Waals surface area contributed by atoms with E-state index in [1.54, 1.807) is 6.92 Å². The number of halogens is 1. The van der Waals surface area contributed by atoms with E-state index in [4.69, 9.17) is 16.3 Å². The number of nitrogens with zero attached hydrogens (tertiary/aromatic N) is 3.